The van der Waals surface area contributed by atoms with Crippen LogP contribution in [0.1, 0.15) is 19.8 Å². The minimum absolute atomic E-state index is 0.387. The quantitative estimate of drug-likeness (QED) is 0.623. The molecule has 1 N–H and O–H groups in total. The molecule has 1 aliphatic rings. The summed E-state index contributed by atoms with van der Waals surface area (Å²) in [6.07, 6.45) is 2.64. The molecule has 4 nitrogen and oxygen atoms in total. The van der Waals surface area contributed by atoms with E-state index in [1.165, 1.54) is 6.42 Å². The van der Waals surface area contributed by atoms with Gasteiger partial charge in [-0.25, -0.2) is 0 Å². The lowest BCUT2D eigenvalue weighted by Crippen LogP contribution is -2.40. The first kappa shape index (κ1) is 13.9. The molecule has 1 saturated heterocycles. The standard InChI is InChI=1S/C12H26N2O2/c1-11-12(5-10-16-11)14(2)8-7-13-6-4-9-15-3/h11-13H,4-10H2,1-3H3. The smallest absolute Gasteiger partial charge is 0.0702 e. The summed E-state index contributed by atoms with van der Waals surface area (Å²) in [5, 5.41) is 3.43. The molecule has 0 spiro atoms. The fraction of sp³-hybridized carbons (Fsp3) is 1.00. The Labute approximate surface area is 99.3 Å². The molecule has 0 aromatic carbocycles. The van der Waals surface area contributed by atoms with E-state index in [4.69, 9.17) is 9.47 Å². The second-order valence-corrected chi connectivity index (χ2v) is 4.51. The van der Waals surface area contributed by atoms with Crippen molar-refractivity contribution in [2.24, 2.45) is 0 Å². The van der Waals surface area contributed by atoms with Crippen molar-refractivity contribution in [1.82, 2.24) is 10.2 Å². The van der Waals surface area contributed by atoms with E-state index in [1.807, 2.05) is 0 Å². The van der Waals surface area contributed by atoms with Gasteiger partial charge in [0.05, 0.1) is 6.10 Å². The summed E-state index contributed by atoms with van der Waals surface area (Å²) in [7, 11) is 3.93. The molecule has 0 aliphatic carbocycles. The average Bonchev–Trinajstić information content (AvgIpc) is 2.69. The Balaban J connectivity index is 1.99. The molecule has 0 amide bonds. The summed E-state index contributed by atoms with van der Waals surface area (Å²) in [6, 6.07) is 0.598. The van der Waals surface area contributed by atoms with E-state index >= 15 is 0 Å². The second-order valence-electron chi connectivity index (χ2n) is 4.51. The van der Waals surface area contributed by atoms with Crippen LogP contribution in [0.15, 0.2) is 0 Å². The highest BCUT2D eigenvalue weighted by Crippen LogP contribution is 2.17. The molecule has 1 fully saturated rings. The maximum atomic E-state index is 5.57. The Morgan fingerprint density at radius 3 is 2.88 bits per heavy atom. The van der Waals surface area contributed by atoms with Crippen LogP contribution in [0, 0.1) is 0 Å². The average molecular weight is 230 g/mol. The molecule has 4 heteroatoms. The van der Waals surface area contributed by atoms with Gasteiger partial charge >= 0.3 is 0 Å². The monoisotopic (exact) mass is 230 g/mol. The fourth-order valence-corrected chi connectivity index (χ4v) is 2.19. The van der Waals surface area contributed by atoms with E-state index in [0.717, 1.165) is 39.3 Å². The van der Waals surface area contributed by atoms with E-state index in [1.54, 1.807) is 7.11 Å². The predicted octanol–water partition coefficient (Wildman–Crippen LogP) is 0.722. The van der Waals surface area contributed by atoms with E-state index in [9.17, 15) is 0 Å². The third-order valence-corrected chi connectivity index (χ3v) is 3.25. The second kappa shape index (κ2) is 8.01. The van der Waals surface area contributed by atoms with Crippen LogP contribution in [0.2, 0.25) is 0 Å². The highest BCUT2D eigenvalue weighted by molar-refractivity contribution is 4.80. The SMILES string of the molecule is COCCCNCCN(C)C1CCOC1C. The van der Waals surface area contributed by atoms with Gasteiger partial charge in [-0.3, -0.25) is 4.90 Å². The Bertz CT molecular complexity index is 178. The summed E-state index contributed by atoms with van der Waals surface area (Å²) < 4.78 is 10.6. The van der Waals surface area contributed by atoms with Crippen LogP contribution in [-0.4, -0.2) is 64.1 Å². The fourth-order valence-electron chi connectivity index (χ4n) is 2.19. The molecule has 1 aliphatic heterocycles. The van der Waals surface area contributed by atoms with Crippen molar-refractivity contribution in [1.29, 1.82) is 0 Å². The van der Waals surface area contributed by atoms with Crippen LogP contribution in [0.3, 0.4) is 0 Å². The summed E-state index contributed by atoms with van der Waals surface area (Å²) in [5.41, 5.74) is 0. The molecular formula is C12H26N2O2. The zero-order valence-electron chi connectivity index (χ0n) is 10.9. The Morgan fingerprint density at radius 2 is 2.25 bits per heavy atom. The lowest BCUT2D eigenvalue weighted by molar-refractivity contribution is 0.0840. The molecule has 96 valence electrons. The highest BCUT2D eigenvalue weighted by atomic mass is 16.5. The normalized spacial score (nSPS) is 25.5. The largest absolute Gasteiger partial charge is 0.385 e. The number of nitrogens with zero attached hydrogens (tertiary/aromatic N) is 1. The first-order valence-electron chi connectivity index (χ1n) is 6.27. The third kappa shape index (κ3) is 4.78. The zero-order valence-corrected chi connectivity index (χ0v) is 10.9. The molecule has 0 saturated carbocycles. The maximum Gasteiger partial charge on any atom is 0.0702 e. The van der Waals surface area contributed by atoms with Gasteiger partial charge in [0, 0.05) is 39.5 Å². The van der Waals surface area contributed by atoms with Gasteiger partial charge in [0.2, 0.25) is 0 Å². The first-order valence-corrected chi connectivity index (χ1v) is 6.27. The number of ether oxygens (including phenoxy) is 2. The van der Waals surface area contributed by atoms with Crippen molar-refractivity contribution >= 4 is 0 Å². The van der Waals surface area contributed by atoms with E-state index in [-0.39, 0.29) is 0 Å². The van der Waals surface area contributed by atoms with Gasteiger partial charge in [0.15, 0.2) is 0 Å². The van der Waals surface area contributed by atoms with Crippen LogP contribution >= 0.6 is 0 Å². The van der Waals surface area contributed by atoms with Gasteiger partial charge in [-0.05, 0) is 33.4 Å². The molecule has 2 unspecified atom stereocenters. The van der Waals surface area contributed by atoms with E-state index < -0.39 is 0 Å². The summed E-state index contributed by atoms with van der Waals surface area (Å²) in [4.78, 5) is 2.40. The molecule has 1 rings (SSSR count). The van der Waals surface area contributed by atoms with Gasteiger partial charge in [-0.2, -0.15) is 0 Å². The molecule has 0 aromatic heterocycles. The Hall–Kier alpha value is -0.160. The van der Waals surface area contributed by atoms with E-state index in [2.05, 4.69) is 24.2 Å². The van der Waals surface area contributed by atoms with Gasteiger partial charge < -0.3 is 14.8 Å². The highest BCUT2D eigenvalue weighted by Gasteiger charge is 2.27. The van der Waals surface area contributed by atoms with Gasteiger partial charge in [0.25, 0.3) is 0 Å². The Kier molecular flexibility index (Phi) is 6.96. The Morgan fingerprint density at radius 1 is 1.44 bits per heavy atom. The topological polar surface area (TPSA) is 33.7 Å². The predicted molar refractivity (Wildman–Crippen MR) is 65.8 cm³/mol. The lowest BCUT2D eigenvalue weighted by atomic mass is 10.1. The zero-order chi connectivity index (χ0) is 11.8. The number of hydrogen-bond donors (Lipinski definition) is 1. The molecule has 0 aromatic rings. The van der Waals surface area contributed by atoms with Crippen molar-refractivity contribution in [3.63, 3.8) is 0 Å². The molecule has 0 radical (unpaired) electrons. The van der Waals surface area contributed by atoms with Crippen molar-refractivity contribution in [3.8, 4) is 0 Å². The number of nitrogens with one attached hydrogen (secondary N) is 1. The number of methoxy groups -OCH3 is 1. The van der Waals surface area contributed by atoms with Crippen LogP contribution in [0.4, 0.5) is 0 Å². The number of likely N-dealkylation sites (N-methyl/N-ethyl adjacent to an activating group) is 1. The summed E-state index contributed by atoms with van der Waals surface area (Å²) in [6.45, 7) is 7.10. The van der Waals surface area contributed by atoms with Crippen LogP contribution in [0.5, 0.6) is 0 Å². The summed E-state index contributed by atoms with van der Waals surface area (Å²) >= 11 is 0. The minimum Gasteiger partial charge on any atom is -0.385 e. The van der Waals surface area contributed by atoms with Crippen LogP contribution in [-0.2, 0) is 9.47 Å². The van der Waals surface area contributed by atoms with Crippen molar-refractivity contribution in [2.75, 3.05) is 47.0 Å². The minimum atomic E-state index is 0.387. The number of rotatable bonds is 8. The maximum absolute atomic E-state index is 5.57. The molecular weight excluding hydrogens is 204 g/mol. The first-order chi connectivity index (χ1) is 7.75. The molecule has 1 heterocycles. The number of hydrogen-bond acceptors (Lipinski definition) is 4. The van der Waals surface area contributed by atoms with Crippen molar-refractivity contribution < 1.29 is 9.47 Å². The molecule has 2 atom stereocenters. The lowest BCUT2D eigenvalue weighted by Gasteiger charge is -2.26. The molecule has 0 bridgehead atoms. The van der Waals surface area contributed by atoms with Gasteiger partial charge in [-0.1, -0.05) is 0 Å². The van der Waals surface area contributed by atoms with E-state index in [0.29, 0.717) is 12.1 Å². The van der Waals surface area contributed by atoms with Crippen molar-refractivity contribution in [3.05, 3.63) is 0 Å². The van der Waals surface area contributed by atoms with Gasteiger partial charge in [-0.15, -0.1) is 0 Å². The third-order valence-electron chi connectivity index (χ3n) is 3.25. The molecule has 16 heavy (non-hydrogen) atoms. The van der Waals surface area contributed by atoms with Crippen LogP contribution < -0.4 is 5.32 Å². The summed E-state index contributed by atoms with van der Waals surface area (Å²) in [5.74, 6) is 0. The van der Waals surface area contributed by atoms with Crippen LogP contribution in [0.25, 0.3) is 0 Å². The van der Waals surface area contributed by atoms with Crippen molar-refractivity contribution in [2.45, 2.75) is 31.9 Å². The van der Waals surface area contributed by atoms with Gasteiger partial charge in [0.1, 0.15) is 0 Å².